The molecule has 0 aliphatic rings. The van der Waals surface area contributed by atoms with Gasteiger partial charge in [-0.1, -0.05) is 12.1 Å². The predicted octanol–water partition coefficient (Wildman–Crippen LogP) is 2.69. The molecule has 0 atom stereocenters. The molecule has 0 unspecified atom stereocenters. The molecular weight excluding hydrogens is 314 g/mol. The molecule has 0 radical (unpaired) electrons. The number of amides is 1. The summed E-state index contributed by atoms with van der Waals surface area (Å²) >= 11 is 0. The molecule has 0 spiro atoms. The Labute approximate surface area is 147 Å². The van der Waals surface area contributed by atoms with E-state index in [1.54, 1.807) is 6.20 Å². The van der Waals surface area contributed by atoms with Crippen LogP contribution in [-0.2, 0) is 19.6 Å². The van der Waals surface area contributed by atoms with Crippen molar-refractivity contribution in [3.05, 3.63) is 70.8 Å². The predicted molar refractivity (Wildman–Crippen MR) is 96.3 cm³/mol. The Morgan fingerprint density at radius 3 is 2.52 bits per heavy atom. The van der Waals surface area contributed by atoms with E-state index in [4.69, 9.17) is 0 Å². The van der Waals surface area contributed by atoms with Crippen LogP contribution in [0.1, 0.15) is 39.8 Å². The number of aryl methyl sites for hydroxylation is 3. The number of carbonyl (C=O) groups excluding carboxylic acids is 1. The van der Waals surface area contributed by atoms with E-state index < -0.39 is 0 Å². The highest BCUT2D eigenvalue weighted by Crippen LogP contribution is 2.09. The standard InChI is InChI=1S/C19H23N5O/c1-4-23-12-17(11-21-23)10-20-19(25)18-7-5-16(6-8-18)13-24-15(3)9-14(2)22-24/h5-9,11-12H,4,10,13H2,1-3H3,(H,20,25). The monoisotopic (exact) mass is 337 g/mol. The maximum Gasteiger partial charge on any atom is 0.251 e. The number of rotatable bonds is 6. The Kier molecular flexibility index (Phi) is 4.97. The molecule has 6 nitrogen and oxygen atoms in total. The number of aromatic nitrogens is 4. The molecular formula is C19H23N5O. The smallest absolute Gasteiger partial charge is 0.251 e. The second-order valence-corrected chi connectivity index (χ2v) is 6.17. The van der Waals surface area contributed by atoms with Crippen LogP contribution >= 0.6 is 0 Å². The Hall–Kier alpha value is -2.89. The van der Waals surface area contributed by atoms with Crippen molar-refractivity contribution in [3.8, 4) is 0 Å². The van der Waals surface area contributed by atoms with Crippen LogP contribution in [0.25, 0.3) is 0 Å². The number of hydrogen-bond donors (Lipinski definition) is 1. The van der Waals surface area contributed by atoms with Crippen molar-refractivity contribution in [3.63, 3.8) is 0 Å². The van der Waals surface area contributed by atoms with Gasteiger partial charge in [-0.2, -0.15) is 10.2 Å². The molecule has 1 N–H and O–H groups in total. The minimum absolute atomic E-state index is 0.0816. The summed E-state index contributed by atoms with van der Waals surface area (Å²) in [6.45, 7) is 8.07. The van der Waals surface area contributed by atoms with E-state index in [1.165, 1.54) is 0 Å². The first-order valence-corrected chi connectivity index (χ1v) is 8.44. The van der Waals surface area contributed by atoms with Gasteiger partial charge < -0.3 is 5.32 Å². The van der Waals surface area contributed by atoms with Crippen LogP contribution in [0.3, 0.4) is 0 Å². The SMILES string of the molecule is CCn1cc(CNC(=O)c2ccc(Cn3nc(C)cc3C)cc2)cn1. The Bertz CT molecular complexity index is 860. The van der Waals surface area contributed by atoms with Crippen LogP contribution in [0, 0.1) is 13.8 Å². The zero-order chi connectivity index (χ0) is 17.8. The minimum Gasteiger partial charge on any atom is -0.348 e. The largest absolute Gasteiger partial charge is 0.348 e. The number of nitrogens with zero attached hydrogens (tertiary/aromatic N) is 4. The molecule has 3 rings (SSSR count). The highest BCUT2D eigenvalue weighted by Gasteiger charge is 2.07. The maximum atomic E-state index is 12.3. The molecule has 6 heteroatoms. The third-order valence-electron chi connectivity index (χ3n) is 4.12. The third kappa shape index (κ3) is 4.15. The van der Waals surface area contributed by atoms with E-state index in [0.717, 1.165) is 29.1 Å². The Morgan fingerprint density at radius 1 is 1.16 bits per heavy atom. The summed E-state index contributed by atoms with van der Waals surface area (Å²) in [4.78, 5) is 12.3. The minimum atomic E-state index is -0.0816. The highest BCUT2D eigenvalue weighted by atomic mass is 16.1. The lowest BCUT2D eigenvalue weighted by Crippen LogP contribution is -2.22. The average molecular weight is 337 g/mol. The summed E-state index contributed by atoms with van der Waals surface area (Å²) in [5.41, 5.74) is 4.91. The fraction of sp³-hybridized carbons (Fsp3) is 0.316. The van der Waals surface area contributed by atoms with Crippen molar-refractivity contribution in [2.24, 2.45) is 0 Å². The molecule has 0 saturated heterocycles. The van der Waals surface area contributed by atoms with Crippen molar-refractivity contribution in [2.45, 2.75) is 40.4 Å². The van der Waals surface area contributed by atoms with Gasteiger partial charge in [0.15, 0.2) is 0 Å². The average Bonchev–Trinajstić information content (AvgIpc) is 3.19. The van der Waals surface area contributed by atoms with Gasteiger partial charge in [-0.05, 0) is 44.5 Å². The Morgan fingerprint density at radius 2 is 1.92 bits per heavy atom. The second-order valence-electron chi connectivity index (χ2n) is 6.17. The normalized spacial score (nSPS) is 10.8. The van der Waals surface area contributed by atoms with Crippen LogP contribution in [0.5, 0.6) is 0 Å². The lowest BCUT2D eigenvalue weighted by molar-refractivity contribution is 0.0951. The molecule has 130 valence electrons. The van der Waals surface area contributed by atoms with Gasteiger partial charge in [0, 0.05) is 36.1 Å². The van der Waals surface area contributed by atoms with Crippen LogP contribution < -0.4 is 5.32 Å². The van der Waals surface area contributed by atoms with Gasteiger partial charge >= 0.3 is 0 Å². The van der Waals surface area contributed by atoms with E-state index in [9.17, 15) is 4.79 Å². The molecule has 2 heterocycles. The topological polar surface area (TPSA) is 64.7 Å². The molecule has 2 aromatic heterocycles. The molecule has 0 saturated carbocycles. The first kappa shape index (κ1) is 17.0. The van der Waals surface area contributed by atoms with E-state index >= 15 is 0 Å². The molecule has 25 heavy (non-hydrogen) atoms. The lowest BCUT2D eigenvalue weighted by Gasteiger charge is -2.07. The quantitative estimate of drug-likeness (QED) is 0.752. The molecule has 0 aliphatic carbocycles. The molecule has 3 aromatic rings. The summed E-state index contributed by atoms with van der Waals surface area (Å²) in [5.74, 6) is -0.0816. The van der Waals surface area contributed by atoms with Crippen LogP contribution in [0.15, 0.2) is 42.7 Å². The first-order valence-electron chi connectivity index (χ1n) is 8.44. The van der Waals surface area contributed by atoms with Crippen molar-refractivity contribution in [2.75, 3.05) is 0 Å². The van der Waals surface area contributed by atoms with Crippen LogP contribution in [-0.4, -0.2) is 25.5 Å². The first-order chi connectivity index (χ1) is 12.0. The summed E-state index contributed by atoms with van der Waals surface area (Å²) in [7, 11) is 0. The second kappa shape index (κ2) is 7.34. The zero-order valence-electron chi connectivity index (χ0n) is 14.9. The van der Waals surface area contributed by atoms with Crippen molar-refractivity contribution in [1.29, 1.82) is 0 Å². The van der Waals surface area contributed by atoms with E-state index in [1.807, 2.05) is 60.6 Å². The number of benzene rings is 1. The van der Waals surface area contributed by atoms with Gasteiger partial charge in [0.05, 0.1) is 18.4 Å². The van der Waals surface area contributed by atoms with Gasteiger partial charge in [0.25, 0.3) is 5.91 Å². The summed E-state index contributed by atoms with van der Waals surface area (Å²) in [5, 5.41) is 11.6. The molecule has 1 amide bonds. The summed E-state index contributed by atoms with van der Waals surface area (Å²) < 4.78 is 3.81. The fourth-order valence-corrected chi connectivity index (χ4v) is 2.72. The zero-order valence-corrected chi connectivity index (χ0v) is 14.9. The van der Waals surface area contributed by atoms with E-state index in [2.05, 4.69) is 21.6 Å². The number of hydrogen-bond acceptors (Lipinski definition) is 3. The van der Waals surface area contributed by atoms with Gasteiger partial charge in [0.2, 0.25) is 0 Å². The molecule has 0 fully saturated rings. The third-order valence-corrected chi connectivity index (χ3v) is 4.12. The molecule has 1 aromatic carbocycles. The van der Waals surface area contributed by atoms with Gasteiger partial charge in [-0.3, -0.25) is 14.2 Å². The molecule has 0 bridgehead atoms. The molecule has 0 aliphatic heterocycles. The summed E-state index contributed by atoms with van der Waals surface area (Å²) in [6, 6.07) is 9.71. The van der Waals surface area contributed by atoms with Crippen molar-refractivity contribution < 1.29 is 4.79 Å². The number of carbonyl (C=O) groups is 1. The summed E-state index contributed by atoms with van der Waals surface area (Å²) in [6.07, 6.45) is 3.72. The highest BCUT2D eigenvalue weighted by molar-refractivity contribution is 5.94. The van der Waals surface area contributed by atoms with Gasteiger partial charge in [-0.15, -0.1) is 0 Å². The van der Waals surface area contributed by atoms with E-state index in [-0.39, 0.29) is 5.91 Å². The van der Waals surface area contributed by atoms with E-state index in [0.29, 0.717) is 18.7 Å². The maximum absolute atomic E-state index is 12.3. The van der Waals surface area contributed by atoms with Gasteiger partial charge in [0.1, 0.15) is 0 Å². The Balaban J connectivity index is 1.59. The van der Waals surface area contributed by atoms with Crippen LogP contribution in [0.2, 0.25) is 0 Å². The van der Waals surface area contributed by atoms with Crippen molar-refractivity contribution in [1.82, 2.24) is 24.9 Å². The van der Waals surface area contributed by atoms with Gasteiger partial charge in [-0.25, -0.2) is 0 Å². The lowest BCUT2D eigenvalue weighted by atomic mass is 10.1. The van der Waals surface area contributed by atoms with Crippen LogP contribution in [0.4, 0.5) is 0 Å². The fourth-order valence-electron chi connectivity index (χ4n) is 2.72. The van der Waals surface area contributed by atoms with Crippen molar-refractivity contribution >= 4 is 5.91 Å². The number of nitrogens with one attached hydrogen (secondary N) is 1.